The highest BCUT2D eigenvalue weighted by Gasteiger charge is 2.13. The molecule has 0 saturated carbocycles. The van der Waals surface area contributed by atoms with Crippen molar-refractivity contribution in [1.82, 2.24) is 9.97 Å². The Balaban J connectivity index is 1.20. The molecule has 0 atom stereocenters. The van der Waals surface area contributed by atoms with Gasteiger partial charge in [-0.15, -0.1) is 0 Å². The molecule has 0 fully saturated rings. The number of para-hydroxylation sites is 2. The van der Waals surface area contributed by atoms with Crippen molar-refractivity contribution in [3.05, 3.63) is 133 Å². The molecule has 0 aliphatic rings. The van der Waals surface area contributed by atoms with E-state index in [0.717, 1.165) is 77.4 Å². The monoisotopic (exact) mass is 523 g/mol. The summed E-state index contributed by atoms with van der Waals surface area (Å²) >= 11 is 0. The molecular weight excluding hydrogens is 502 g/mol. The maximum atomic E-state index is 9.14. The summed E-state index contributed by atoms with van der Waals surface area (Å²) in [4.78, 5) is 10.1. The minimum atomic E-state index is 0.631. The minimum absolute atomic E-state index is 0.631. The number of aromatic nitrogens is 2. The first-order valence-electron chi connectivity index (χ1n) is 13.5. The lowest BCUT2D eigenvalue weighted by atomic mass is 10.00. The van der Waals surface area contributed by atoms with Crippen LogP contribution in [-0.2, 0) is 0 Å². The van der Waals surface area contributed by atoms with Crippen LogP contribution in [0.3, 0.4) is 0 Å². The Kier molecular flexibility index (Phi) is 5.16. The second-order valence-electron chi connectivity index (χ2n) is 10.1. The SMILES string of the molecule is N#Cc1ccc(-c2ccc3ccc4ccc(-c5ccc(-c6cccc7c6oc6ccccc67)cc5)nc4c3n2)cc1. The molecule has 8 rings (SSSR count). The third-order valence-electron chi connectivity index (χ3n) is 7.73. The molecule has 3 aromatic heterocycles. The number of hydrogen-bond donors (Lipinski definition) is 0. The molecule has 0 radical (unpaired) electrons. The number of fused-ring (bicyclic) bond motifs is 6. The van der Waals surface area contributed by atoms with Crippen LogP contribution in [0.4, 0.5) is 0 Å². The number of rotatable bonds is 3. The average Bonchev–Trinajstić information content (AvgIpc) is 3.43. The number of furan rings is 1. The van der Waals surface area contributed by atoms with Gasteiger partial charge in [0.05, 0.1) is 34.1 Å². The van der Waals surface area contributed by atoms with Crippen LogP contribution in [0, 0.1) is 11.3 Å². The van der Waals surface area contributed by atoms with E-state index >= 15 is 0 Å². The highest BCUT2D eigenvalue weighted by atomic mass is 16.3. The van der Waals surface area contributed by atoms with Gasteiger partial charge in [-0.05, 0) is 35.9 Å². The molecule has 0 aliphatic carbocycles. The predicted molar refractivity (Wildman–Crippen MR) is 165 cm³/mol. The molecule has 0 bridgehead atoms. The Morgan fingerprint density at radius 3 is 1.73 bits per heavy atom. The van der Waals surface area contributed by atoms with Crippen molar-refractivity contribution in [2.45, 2.75) is 0 Å². The van der Waals surface area contributed by atoms with E-state index in [9.17, 15) is 0 Å². The first-order valence-corrected chi connectivity index (χ1v) is 13.5. The van der Waals surface area contributed by atoms with Crippen molar-refractivity contribution in [1.29, 1.82) is 5.26 Å². The van der Waals surface area contributed by atoms with Crippen molar-refractivity contribution in [3.8, 4) is 39.7 Å². The first-order chi connectivity index (χ1) is 20.2. The first kappa shape index (κ1) is 23.1. The van der Waals surface area contributed by atoms with E-state index in [4.69, 9.17) is 19.6 Å². The van der Waals surface area contributed by atoms with Crippen molar-refractivity contribution in [3.63, 3.8) is 0 Å². The van der Waals surface area contributed by atoms with Crippen LogP contribution in [0.1, 0.15) is 5.56 Å². The molecule has 0 spiro atoms. The maximum absolute atomic E-state index is 9.14. The quantitative estimate of drug-likeness (QED) is 0.216. The van der Waals surface area contributed by atoms with Crippen LogP contribution in [0.25, 0.3) is 77.4 Å². The zero-order valence-electron chi connectivity index (χ0n) is 21.9. The number of hydrogen-bond acceptors (Lipinski definition) is 4. The van der Waals surface area contributed by atoms with E-state index in [1.165, 1.54) is 0 Å². The van der Waals surface area contributed by atoms with Crippen LogP contribution in [0.15, 0.2) is 132 Å². The van der Waals surface area contributed by atoms with Gasteiger partial charge in [-0.1, -0.05) is 97.1 Å². The molecule has 5 aromatic carbocycles. The normalized spacial score (nSPS) is 11.4. The number of pyridine rings is 2. The predicted octanol–water partition coefficient (Wildman–Crippen LogP) is 9.56. The molecule has 4 heteroatoms. The average molecular weight is 524 g/mol. The van der Waals surface area contributed by atoms with Gasteiger partial charge in [0.15, 0.2) is 0 Å². The number of nitrogens with zero attached hydrogens (tertiary/aromatic N) is 3. The summed E-state index contributed by atoms with van der Waals surface area (Å²) in [5.74, 6) is 0. The molecule has 0 aliphatic heterocycles. The molecule has 0 saturated heterocycles. The summed E-state index contributed by atoms with van der Waals surface area (Å²) in [5.41, 5.74) is 10.1. The number of nitriles is 1. The van der Waals surface area contributed by atoms with Crippen LogP contribution < -0.4 is 0 Å². The van der Waals surface area contributed by atoms with Crippen LogP contribution in [-0.4, -0.2) is 9.97 Å². The summed E-state index contributed by atoms with van der Waals surface area (Å²) < 4.78 is 6.26. The van der Waals surface area contributed by atoms with Gasteiger partial charge in [0, 0.05) is 38.2 Å². The highest BCUT2D eigenvalue weighted by molar-refractivity contribution is 6.09. The third kappa shape index (κ3) is 3.83. The second kappa shape index (κ2) is 9.15. The molecule has 0 unspecified atom stereocenters. The Morgan fingerprint density at radius 2 is 1.07 bits per heavy atom. The summed E-state index contributed by atoms with van der Waals surface area (Å²) in [5, 5.41) is 13.5. The van der Waals surface area contributed by atoms with Gasteiger partial charge in [0.1, 0.15) is 11.2 Å². The maximum Gasteiger partial charge on any atom is 0.143 e. The topological polar surface area (TPSA) is 62.7 Å². The van der Waals surface area contributed by atoms with Crippen LogP contribution in [0.2, 0.25) is 0 Å². The zero-order chi connectivity index (χ0) is 27.3. The molecular formula is C37H21N3O. The summed E-state index contributed by atoms with van der Waals surface area (Å²) in [6.07, 6.45) is 0. The lowest BCUT2D eigenvalue weighted by Crippen LogP contribution is -1.91. The summed E-state index contributed by atoms with van der Waals surface area (Å²) in [6.45, 7) is 0. The van der Waals surface area contributed by atoms with E-state index in [-0.39, 0.29) is 0 Å². The van der Waals surface area contributed by atoms with Gasteiger partial charge in [0.2, 0.25) is 0 Å². The van der Waals surface area contributed by atoms with Gasteiger partial charge in [-0.25, -0.2) is 9.97 Å². The second-order valence-corrected chi connectivity index (χ2v) is 10.1. The van der Waals surface area contributed by atoms with Crippen molar-refractivity contribution in [2.75, 3.05) is 0 Å². The van der Waals surface area contributed by atoms with Crippen molar-refractivity contribution in [2.24, 2.45) is 0 Å². The van der Waals surface area contributed by atoms with Crippen LogP contribution in [0.5, 0.6) is 0 Å². The standard InChI is InChI=1S/C37H21N3O/c38-22-23-8-10-25(11-9-23)32-20-18-27-16-17-28-19-21-33(40-36(28)35(27)39-32)26-14-12-24(13-15-26)29-5-3-6-31-30-4-1-2-7-34(30)41-37(29)31/h1-21H. The fraction of sp³-hybridized carbons (Fsp3) is 0. The fourth-order valence-electron chi connectivity index (χ4n) is 5.60. The summed E-state index contributed by atoms with van der Waals surface area (Å²) in [6, 6.07) is 45.1. The lowest BCUT2D eigenvalue weighted by molar-refractivity contribution is 0.670. The Labute approximate surface area is 235 Å². The van der Waals surface area contributed by atoms with E-state index in [1.807, 2.05) is 48.5 Å². The molecule has 4 nitrogen and oxygen atoms in total. The van der Waals surface area contributed by atoms with Gasteiger partial charge in [-0.3, -0.25) is 0 Å². The Bertz CT molecular complexity index is 2310. The van der Waals surface area contributed by atoms with Gasteiger partial charge < -0.3 is 4.42 Å². The van der Waals surface area contributed by atoms with Crippen LogP contribution >= 0.6 is 0 Å². The molecule has 0 N–H and O–H groups in total. The van der Waals surface area contributed by atoms with Crippen molar-refractivity contribution >= 4 is 43.7 Å². The minimum Gasteiger partial charge on any atom is -0.455 e. The smallest absolute Gasteiger partial charge is 0.143 e. The fourth-order valence-corrected chi connectivity index (χ4v) is 5.60. The van der Waals surface area contributed by atoms with E-state index in [2.05, 4.69) is 84.9 Å². The molecule has 190 valence electrons. The van der Waals surface area contributed by atoms with E-state index < -0.39 is 0 Å². The molecule has 41 heavy (non-hydrogen) atoms. The molecule has 0 amide bonds. The molecule has 8 aromatic rings. The van der Waals surface area contributed by atoms with Crippen molar-refractivity contribution < 1.29 is 4.42 Å². The van der Waals surface area contributed by atoms with Gasteiger partial charge >= 0.3 is 0 Å². The Morgan fingerprint density at radius 1 is 0.512 bits per heavy atom. The van der Waals surface area contributed by atoms with E-state index in [1.54, 1.807) is 0 Å². The van der Waals surface area contributed by atoms with Gasteiger partial charge in [-0.2, -0.15) is 5.26 Å². The Hall–Kier alpha value is -5.79. The molecule has 3 heterocycles. The third-order valence-corrected chi connectivity index (χ3v) is 7.73. The lowest BCUT2D eigenvalue weighted by Gasteiger charge is -2.09. The largest absolute Gasteiger partial charge is 0.455 e. The number of benzene rings is 5. The van der Waals surface area contributed by atoms with Gasteiger partial charge in [0.25, 0.3) is 0 Å². The zero-order valence-corrected chi connectivity index (χ0v) is 21.9. The highest BCUT2D eigenvalue weighted by Crippen LogP contribution is 2.36. The van der Waals surface area contributed by atoms with E-state index in [0.29, 0.717) is 5.56 Å². The summed E-state index contributed by atoms with van der Waals surface area (Å²) in [7, 11) is 0.